The predicted octanol–water partition coefficient (Wildman–Crippen LogP) is 2.24. The second-order valence-corrected chi connectivity index (χ2v) is 8.54. The van der Waals surface area contributed by atoms with Crippen LogP contribution in [-0.2, 0) is 30.1 Å². The Morgan fingerprint density at radius 1 is 1.36 bits per heavy atom. The minimum atomic E-state index is -0.605. The van der Waals surface area contributed by atoms with E-state index in [2.05, 4.69) is 17.2 Å². The number of nitrogens with one attached hydrogen (secondary N) is 2. The number of carbonyl (C=O) groups excluding carboxylic acids is 2. The molecule has 0 rings (SSSR count). The van der Waals surface area contributed by atoms with Gasteiger partial charge in [-0.25, -0.2) is 9.59 Å². The lowest BCUT2D eigenvalue weighted by Crippen LogP contribution is -2.38. The molecule has 128 valence electrons. The van der Waals surface area contributed by atoms with Crippen LogP contribution in [0.25, 0.3) is 0 Å². The SMILES string of the molecule is C=CCOC(=O)NCS(=S)CCC(C)(C)OC(=O)NC(C)C. The van der Waals surface area contributed by atoms with Gasteiger partial charge in [-0.2, -0.15) is 0 Å². The molecule has 0 aliphatic rings. The van der Waals surface area contributed by atoms with Gasteiger partial charge in [-0.3, -0.25) is 0 Å². The Kier molecular flexibility index (Phi) is 10.0. The summed E-state index contributed by atoms with van der Waals surface area (Å²) >= 11 is 5.30. The van der Waals surface area contributed by atoms with E-state index in [1.54, 1.807) is 0 Å². The van der Waals surface area contributed by atoms with E-state index in [1.807, 2.05) is 27.7 Å². The molecule has 0 aromatic rings. The Labute approximate surface area is 139 Å². The number of ether oxygens (including phenoxy) is 2. The van der Waals surface area contributed by atoms with Crippen LogP contribution in [0, 0.1) is 0 Å². The summed E-state index contributed by atoms with van der Waals surface area (Å²) in [6, 6.07) is 0.0302. The van der Waals surface area contributed by atoms with Gasteiger partial charge in [0.15, 0.2) is 0 Å². The highest BCUT2D eigenvalue weighted by atomic mass is 32.8. The molecular weight excluding hydrogens is 324 g/mol. The van der Waals surface area contributed by atoms with Gasteiger partial charge in [0, 0.05) is 11.8 Å². The highest BCUT2D eigenvalue weighted by Gasteiger charge is 2.23. The zero-order valence-electron chi connectivity index (χ0n) is 13.6. The number of carbonyl (C=O) groups is 2. The minimum Gasteiger partial charge on any atom is -0.445 e. The van der Waals surface area contributed by atoms with Gasteiger partial charge >= 0.3 is 12.2 Å². The Bertz CT molecular complexity index is 412. The largest absolute Gasteiger partial charge is 0.445 e. The molecule has 2 amide bonds. The third kappa shape index (κ3) is 11.5. The lowest BCUT2D eigenvalue weighted by atomic mass is 10.1. The van der Waals surface area contributed by atoms with Gasteiger partial charge in [-0.1, -0.05) is 12.7 Å². The molecule has 0 bridgehead atoms. The molecule has 0 aromatic carbocycles. The van der Waals surface area contributed by atoms with E-state index >= 15 is 0 Å². The summed E-state index contributed by atoms with van der Waals surface area (Å²) in [5, 5.41) is 5.28. The first-order chi connectivity index (χ1) is 10.2. The number of hydrogen-bond donors (Lipinski definition) is 2. The van der Waals surface area contributed by atoms with E-state index in [1.165, 1.54) is 6.08 Å². The van der Waals surface area contributed by atoms with Crippen molar-refractivity contribution < 1.29 is 19.1 Å². The van der Waals surface area contributed by atoms with Crippen LogP contribution in [0.5, 0.6) is 0 Å². The first kappa shape index (κ1) is 20.9. The second kappa shape index (κ2) is 10.6. The van der Waals surface area contributed by atoms with Crippen LogP contribution in [0.2, 0.25) is 0 Å². The van der Waals surface area contributed by atoms with Crippen molar-refractivity contribution in [3.63, 3.8) is 0 Å². The van der Waals surface area contributed by atoms with E-state index in [0.29, 0.717) is 18.1 Å². The lowest BCUT2D eigenvalue weighted by molar-refractivity contribution is 0.0358. The molecule has 0 fully saturated rings. The molecule has 0 heterocycles. The van der Waals surface area contributed by atoms with Crippen LogP contribution in [0.1, 0.15) is 34.1 Å². The van der Waals surface area contributed by atoms with Crippen molar-refractivity contribution in [3.05, 3.63) is 12.7 Å². The van der Waals surface area contributed by atoms with Crippen LogP contribution in [0.3, 0.4) is 0 Å². The fourth-order valence-electron chi connectivity index (χ4n) is 1.32. The number of hydrogen-bond acceptors (Lipinski definition) is 5. The maximum Gasteiger partial charge on any atom is 0.408 e. The van der Waals surface area contributed by atoms with Crippen molar-refractivity contribution in [2.75, 3.05) is 18.2 Å². The normalized spacial score (nSPS) is 12.4. The smallest absolute Gasteiger partial charge is 0.408 e. The Hall–Kier alpha value is -1.15. The lowest BCUT2D eigenvalue weighted by Gasteiger charge is -2.26. The van der Waals surface area contributed by atoms with E-state index in [4.69, 9.17) is 20.7 Å². The second-order valence-electron chi connectivity index (χ2n) is 5.55. The van der Waals surface area contributed by atoms with Crippen molar-refractivity contribution >= 4 is 32.8 Å². The fraction of sp³-hybridized carbons (Fsp3) is 0.714. The molecule has 0 aromatic heterocycles. The summed E-state index contributed by atoms with van der Waals surface area (Å²) in [7, 11) is -0.434. The van der Waals surface area contributed by atoms with Crippen molar-refractivity contribution in [1.29, 1.82) is 0 Å². The first-order valence-corrected chi connectivity index (χ1v) is 9.51. The van der Waals surface area contributed by atoms with Gasteiger partial charge in [0.05, 0.1) is 5.88 Å². The average molecular weight is 351 g/mol. The molecule has 1 atom stereocenters. The van der Waals surface area contributed by atoms with Gasteiger partial charge < -0.3 is 20.1 Å². The first-order valence-electron chi connectivity index (χ1n) is 7.02. The molecule has 0 aliphatic carbocycles. The number of rotatable bonds is 9. The van der Waals surface area contributed by atoms with E-state index < -0.39 is 27.2 Å². The van der Waals surface area contributed by atoms with Gasteiger partial charge in [-0.05, 0) is 45.3 Å². The molecular formula is C14H26N2O4S2. The van der Waals surface area contributed by atoms with Crippen LogP contribution in [0.4, 0.5) is 9.59 Å². The van der Waals surface area contributed by atoms with Gasteiger partial charge in [0.1, 0.15) is 12.2 Å². The molecule has 8 heteroatoms. The molecule has 22 heavy (non-hydrogen) atoms. The third-order valence-electron chi connectivity index (χ3n) is 2.42. The molecule has 0 spiro atoms. The summed E-state index contributed by atoms with van der Waals surface area (Å²) in [5.74, 6) is 1.03. The molecule has 0 saturated heterocycles. The molecule has 1 unspecified atom stereocenters. The summed E-state index contributed by atoms with van der Waals surface area (Å²) in [4.78, 5) is 22.8. The highest BCUT2D eigenvalue weighted by Crippen LogP contribution is 2.15. The molecule has 6 nitrogen and oxygen atoms in total. The van der Waals surface area contributed by atoms with Crippen LogP contribution >= 0.6 is 0 Å². The molecule has 0 radical (unpaired) electrons. The third-order valence-corrected chi connectivity index (χ3v) is 4.40. The van der Waals surface area contributed by atoms with Gasteiger partial charge in [-0.15, -0.1) is 9.45 Å². The van der Waals surface area contributed by atoms with Gasteiger partial charge in [0.25, 0.3) is 0 Å². The standard InChI is InChI=1S/C14H26N2O4S2/c1-6-8-19-12(17)15-10-22(21)9-7-14(4,5)20-13(18)16-11(2)3/h6,11H,1,7-10H2,2-5H3,(H,15,17)(H,16,18). The maximum absolute atomic E-state index is 11.6. The molecule has 2 N–H and O–H groups in total. The minimum absolute atomic E-state index is 0.0302. The summed E-state index contributed by atoms with van der Waals surface area (Å²) in [6.45, 7) is 11.0. The Morgan fingerprint density at radius 3 is 2.55 bits per heavy atom. The molecule has 0 aliphatic heterocycles. The topological polar surface area (TPSA) is 76.7 Å². The van der Waals surface area contributed by atoms with E-state index in [9.17, 15) is 9.59 Å². The van der Waals surface area contributed by atoms with Crippen molar-refractivity contribution in [1.82, 2.24) is 10.6 Å². The zero-order chi connectivity index (χ0) is 17.2. The maximum atomic E-state index is 11.6. The average Bonchev–Trinajstić information content (AvgIpc) is 2.39. The van der Waals surface area contributed by atoms with Crippen LogP contribution < -0.4 is 10.6 Å². The van der Waals surface area contributed by atoms with E-state index in [-0.39, 0.29) is 12.6 Å². The fourth-order valence-corrected chi connectivity index (χ4v) is 2.89. The summed E-state index contributed by atoms with van der Waals surface area (Å²) < 4.78 is 10.2. The van der Waals surface area contributed by atoms with Crippen LogP contribution in [0.15, 0.2) is 12.7 Å². The molecule has 0 saturated carbocycles. The summed E-state index contributed by atoms with van der Waals surface area (Å²) in [6.07, 6.45) is 1.17. The number of amides is 2. The quantitative estimate of drug-likeness (QED) is 0.624. The predicted molar refractivity (Wildman–Crippen MR) is 92.6 cm³/mol. The Balaban J connectivity index is 4.03. The van der Waals surface area contributed by atoms with Crippen molar-refractivity contribution in [2.45, 2.75) is 45.8 Å². The zero-order valence-corrected chi connectivity index (χ0v) is 15.3. The van der Waals surface area contributed by atoms with E-state index in [0.717, 1.165) is 0 Å². The Morgan fingerprint density at radius 2 is 2.00 bits per heavy atom. The number of alkyl carbamates (subject to hydrolysis) is 2. The van der Waals surface area contributed by atoms with Crippen LogP contribution in [-0.4, -0.2) is 42.1 Å². The monoisotopic (exact) mass is 350 g/mol. The van der Waals surface area contributed by atoms with Crippen molar-refractivity contribution in [3.8, 4) is 0 Å². The van der Waals surface area contributed by atoms with Gasteiger partial charge in [0.2, 0.25) is 0 Å². The highest BCUT2D eigenvalue weighted by molar-refractivity contribution is 8.28. The summed E-state index contributed by atoms with van der Waals surface area (Å²) in [5.41, 5.74) is -0.605. The van der Waals surface area contributed by atoms with Crippen molar-refractivity contribution in [2.24, 2.45) is 0 Å².